The molecular formula is C24H31N5. The number of likely N-dealkylation sites (N-methyl/N-ethyl adjacent to an activating group) is 1. The van der Waals surface area contributed by atoms with Crippen molar-refractivity contribution < 1.29 is 0 Å². The summed E-state index contributed by atoms with van der Waals surface area (Å²) < 4.78 is 2.40. The monoisotopic (exact) mass is 389 g/mol. The van der Waals surface area contributed by atoms with Crippen molar-refractivity contribution in [3.63, 3.8) is 0 Å². The van der Waals surface area contributed by atoms with Gasteiger partial charge in [0.05, 0.1) is 5.52 Å². The van der Waals surface area contributed by atoms with E-state index in [0.717, 1.165) is 17.9 Å². The van der Waals surface area contributed by atoms with Gasteiger partial charge in [-0.05, 0) is 44.2 Å². The second-order valence-electron chi connectivity index (χ2n) is 8.86. The molecule has 5 nitrogen and oxygen atoms in total. The molecule has 0 bridgehead atoms. The first-order valence-corrected chi connectivity index (χ1v) is 11.0. The lowest BCUT2D eigenvalue weighted by atomic mass is 9.79. The summed E-state index contributed by atoms with van der Waals surface area (Å²) in [5.41, 5.74) is 2.49. The van der Waals surface area contributed by atoms with E-state index in [1.807, 2.05) is 18.5 Å². The van der Waals surface area contributed by atoms with Crippen LogP contribution in [-0.4, -0.2) is 63.1 Å². The maximum Gasteiger partial charge on any atom is 0.139 e. The van der Waals surface area contributed by atoms with Crippen molar-refractivity contribution in [2.45, 2.75) is 44.2 Å². The summed E-state index contributed by atoms with van der Waals surface area (Å²) >= 11 is 0. The van der Waals surface area contributed by atoms with E-state index >= 15 is 0 Å². The third-order valence-corrected chi connectivity index (χ3v) is 7.00. The molecule has 1 saturated carbocycles. The number of hydrogen-bond donors (Lipinski definition) is 0. The van der Waals surface area contributed by atoms with Crippen LogP contribution < -0.4 is 0 Å². The van der Waals surface area contributed by atoms with Crippen molar-refractivity contribution in [1.29, 1.82) is 0 Å². The van der Waals surface area contributed by atoms with E-state index in [9.17, 15) is 0 Å². The zero-order valence-corrected chi connectivity index (χ0v) is 17.4. The van der Waals surface area contributed by atoms with Gasteiger partial charge in [-0.25, -0.2) is 4.98 Å². The average molecular weight is 390 g/mol. The third kappa shape index (κ3) is 3.69. The third-order valence-electron chi connectivity index (χ3n) is 7.00. The lowest BCUT2D eigenvalue weighted by molar-refractivity contribution is 0.00208. The van der Waals surface area contributed by atoms with Gasteiger partial charge in [0.1, 0.15) is 5.82 Å². The molecule has 2 aromatic heterocycles. The number of hydrogen-bond acceptors (Lipinski definition) is 4. The largest absolute Gasteiger partial charge is 0.329 e. The van der Waals surface area contributed by atoms with Gasteiger partial charge in [-0.2, -0.15) is 0 Å². The van der Waals surface area contributed by atoms with Crippen LogP contribution in [0.2, 0.25) is 0 Å². The van der Waals surface area contributed by atoms with Crippen LogP contribution in [0.15, 0.2) is 48.9 Å². The number of benzene rings is 1. The molecule has 3 heterocycles. The van der Waals surface area contributed by atoms with Crippen LogP contribution in [0, 0.1) is 0 Å². The first-order chi connectivity index (χ1) is 14.2. The van der Waals surface area contributed by atoms with E-state index in [4.69, 9.17) is 4.98 Å². The zero-order chi connectivity index (χ0) is 19.7. The molecule has 3 aromatic rings. The summed E-state index contributed by atoms with van der Waals surface area (Å²) in [4.78, 5) is 14.5. The van der Waals surface area contributed by atoms with Gasteiger partial charge in [0.25, 0.3) is 0 Å². The molecule has 0 spiro atoms. The summed E-state index contributed by atoms with van der Waals surface area (Å²) in [5, 5.41) is 1.17. The minimum Gasteiger partial charge on any atom is -0.329 e. The number of imidazole rings is 1. The number of nitrogens with zero attached hydrogens (tertiary/aromatic N) is 5. The molecular weight excluding hydrogens is 358 g/mol. The molecule has 0 amide bonds. The molecule has 1 aromatic carbocycles. The second kappa shape index (κ2) is 7.88. The van der Waals surface area contributed by atoms with Gasteiger partial charge >= 0.3 is 0 Å². The fourth-order valence-corrected chi connectivity index (χ4v) is 5.29. The number of pyridine rings is 1. The van der Waals surface area contributed by atoms with Crippen LogP contribution in [0.3, 0.4) is 0 Å². The summed E-state index contributed by atoms with van der Waals surface area (Å²) in [6, 6.07) is 10.6. The van der Waals surface area contributed by atoms with Crippen molar-refractivity contribution in [1.82, 2.24) is 24.3 Å². The van der Waals surface area contributed by atoms with Crippen molar-refractivity contribution in [3.05, 3.63) is 48.9 Å². The number of fused-ring (bicyclic) bond motifs is 1. The predicted molar refractivity (Wildman–Crippen MR) is 118 cm³/mol. The molecule has 0 atom stereocenters. The molecule has 152 valence electrons. The van der Waals surface area contributed by atoms with E-state index in [0.29, 0.717) is 0 Å². The normalized spacial score (nSPS) is 20.9. The lowest BCUT2D eigenvalue weighted by Crippen LogP contribution is -2.59. The Labute approximate surface area is 173 Å². The predicted octanol–water partition coefficient (Wildman–Crippen LogP) is 4.05. The molecule has 5 heteroatoms. The Morgan fingerprint density at radius 3 is 2.59 bits per heavy atom. The van der Waals surface area contributed by atoms with E-state index in [1.54, 1.807) is 0 Å². The smallest absolute Gasteiger partial charge is 0.139 e. The van der Waals surface area contributed by atoms with Gasteiger partial charge in [-0.15, -0.1) is 0 Å². The molecule has 1 aliphatic heterocycles. The molecule has 1 aliphatic carbocycles. The Morgan fingerprint density at radius 2 is 1.76 bits per heavy atom. The minimum atomic E-state index is 0.271. The van der Waals surface area contributed by atoms with Crippen LogP contribution in [0.25, 0.3) is 22.3 Å². The van der Waals surface area contributed by atoms with E-state index < -0.39 is 0 Å². The zero-order valence-electron chi connectivity index (χ0n) is 17.4. The summed E-state index contributed by atoms with van der Waals surface area (Å²) in [6.07, 6.45) is 12.7. The highest BCUT2D eigenvalue weighted by molar-refractivity contribution is 5.83. The number of rotatable bonds is 4. The second-order valence-corrected chi connectivity index (χ2v) is 8.86. The van der Waals surface area contributed by atoms with Gasteiger partial charge in [0.15, 0.2) is 0 Å². The topological polar surface area (TPSA) is 37.2 Å². The molecule has 2 fully saturated rings. The Balaban J connectivity index is 1.46. The number of aromatic nitrogens is 3. The van der Waals surface area contributed by atoms with Crippen molar-refractivity contribution in [2.24, 2.45) is 0 Å². The van der Waals surface area contributed by atoms with Crippen molar-refractivity contribution in [3.8, 4) is 11.4 Å². The summed E-state index contributed by atoms with van der Waals surface area (Å²) in [7, 11) is 2.24. The molecule has 0 unspecified atom stereocenters. The van der Waals surface area contributed by atoms with Crippen LogP contribution in [0.1, 0.15) is 32.1 Å². The molecule has 0 N–H and O–H groups in total. The minimum absolute atomic E-state index is 0.271. The van der Waals surface area contributed by atoms with Crippen LogP contribution in [0.4, 0.5) is 0 Å². The van der Waals surface area contributed by atoms with Crippen molar-refractivity contribution >= 4 is 10.9 Å². The summed E-state index contributed by atoms with van der Waals surface area (Å²) in [6.45, 7) is 5.76. The maximum absolute atomic E-state index is 4.76. The van der Waals surface area contributed by atoms with Crippen molar-refractivity contribution in [2.75, 3.05) is 33.2 Å². The van der Waals surface area contributed by atoms with E-state index in [-0.39, 0.29) is 5.54 Å². The maximum atomic E-state index is 4.76. The Bertz CT molecular complexity index is 964. The lowest BCUT2D eigenvalue weighted by Gasteiger charge is -2.49. The molecule has 29 heavy (non-hydrogen) atoms. The molecule has 0 radical (unpaired) electrons. The summed E-state index contributed by atoms with van der Waals surface area (Å²) in [5.74, 6) is 1.08. The highest BCUT2D eigenvalue weighted by atomic mass is 15.3. The highest BCUT2D eigenvalue weighted by Gasteiger charge is 2.39. The van der Waals surface area contributed by atoms with Crippen LogP contribution in [-0.2, 0) is 6.54 Å². The molecule has 2 aliphatic rings. The van der Waals surface area contributed by atoms with Crippen LogP contribution in [0.5, 0.6) is 0 Å². The SMILES string of the molecule is CN1CCN(C2(Cn3ccnc3-c3ccc4ncccc4c3)CCCCC2)CC1. The van der Waals surface area contributed by atoms with Gasteiger partial charge < -0.3 is 9.47 Å². The Hall–Kier alpha value is -2.24. The first kappa shape index (κ1) is 18.8. The average Bonchev–Trinajstić information content (AvgIpc) is 3.22. The van der Waals surface area contributed by atoms with Gasteiger partial charge in [0, 0.05) is 67.8 Å². The van der Waals surface area contributed by atoms with E-state index in [1.165, 1.54) is 69.2 Å². The van der Waals surface area contributed by atoms with Gasteiger partial charge in [-0.3, -0.25) is 9.88 Å². The highest BCUT2D eigenvalue weighted by Crippen LogP contribution is 2.37. The quantitative estimate of drug-likeness (QED) is 0.675. The fraction of sp³-hybridized carbons (Fsp3) is 0.500. The van der Waals surface area contributed by atoms with E-state index in [2.05, 4.69) is 56.9 Å². The Morgan fingerprint density at radius 1 is 0.931 bits per heavy atom. The van der Waals surface area contributed by atoms with Gasteiger partial charge in [-0.1, -0.05) is 25.3 Å². The first-order valence-electron chi connectivity index (χ1n) is 11.0. The molecule has 5 rings (SSSR count). The molecule has 1 saturated heterocycles. The van der Waals surface area contributed by atoms with Crippen LogP contribution >= 0.6 is 0 Å². The fourth-order valence-electron chi connectivity index (χ4n) is 5.29. The van der Waals surface area contributed by atoms with Gasteiger partial charge in [0.2, 0.25) is 0 Å². The Kier molecular flexibility index (Phi) is 5.10. The number of piperazine rings is 1. The standard InChI is InChI=1S/C24H31N5/c1-27-14-16-29(17-15-27)24(9-3-2-4-10-24)19-28-13-12-26-23(28)21-7-8-22-20(18-21)6-5-11-25-22/h5-8,11-13,18H,2-4,9-10,14-17,19H2,1H3.